The Morgan fingerprint density at radius 3 is 2.48 bits per heavy atom. The molecule has 4 rings (SSSR count). The predicted octanol–water partition coefficient (Wildman–Crippen LogP) is 4.62. The first kappa shape index (κ1) is 19.4. The van der Waals surface area contributed by atoms with Gasteiger partial charge in [-0.3, -0.25) is 4.79 Å². The van der Waals surface area contributed by atoms with Crippen LogP contribution in [-0.4, -0.2) is 24.6 Å². The molecule has 0 saturated carbocycles. The van der Waals surface area contributed by atoms with Crippen molar-refractivity contribution in [1.82, 2.24) is 4.57 Å². The molecule has 1 aromatic heterocycles. The SMILES string of the molecule is CN(C)c1ccc(C2c3sc(=S)n(Cc4ccccc4)c3NC(=O)C2C#N)cc1. The van der Waals surface area contributed by atoms with Gasteiger partial charge in [-0.2, -0.15) is 5.26 Å². The number of hydrogen-bond acceptors (Lipinski definition) is 5. The van der Waals surface area contributed by atoms with E-state index in [1.807, 2.05) is 78.2 Å². The Morgan fingerprint density at radius 2 is 1.86 bits per heavy atom. The first-order valence-corrected chi connectivity index (χ1v) is 10.5. The zero-order valence-corrected chi connectivity index (χ0v) is 17.8. The van der Waals surface area contributed by atoms with Gasteiger partial charge < -0.3 is 14.8 Å². The summed E-state index contributed by atoms with van der Waals surface area (Å²) in [7, 11) is 3.96. The summed E-state index contributed by atoms with van der Waals surface area (Å²) in [6, 6.07) is 20.2. The van der Waals surface area contributed by atoms with Gasteiger partial charge in [0.25, 0.3) is 0 Å². The van der Waals surface area contributed by atoms with Crippen LogP contribution in [0.5, 0.6) is 0 Å². The lowest BCUT2D eigenvalue weighted by atomic mass is 9.82. The minimum absolute atomic E-state index is 0.281. The van der Waals surface area contributed by atoms with Gasteiger partial charge >= 0.3 is 0 Å². The summed E-state index contributed by atoms with van der Waals surface area (Å²) in [6.45, 7) is 0.579. The molecule has 0 saturated heterocycles. The maximum Gasteiger partial charge on any atom is 0.243 e. The molecule has 146 valence electrons. The summed E-state index contributed by atoms with van der Waals surface area (Å²) >= 11 is 7.10. The number of anilines is 2. The summed E-state index contributed by atoms with van der Waals surface area (Å²) in [6.07, 6.45) is 0. The van der Waals surface area contributed by atoms with Gasteiger partial charge in [-0.05, 0) is 35.5 Å². The van der Waals surface area contributed by atoms with Crippen LogP contribution in [0.3, 0.4) is 0 Å². The molecule has 2 aromatic carbocycles. The van der Waals surface area contributed by atoms with Gasteiger partial charge in [-0.1, -0.05) is 42.5 Å². The molecule has 1 N–H and O–H groups in total. The lowest BCUT2D eigenvalue weighted by Gasteiger charge is -2.28. The fourth-order valence-electron chi connectivity index (χ4n) is 3.63. The number of carbonyl (C=O) groups is 1. The largest absolute Gasteiger partial charge is 0.378 e. The lowest BCUT2D eigenvalue weighted by Crippen LogP contribution is -2.33. The third-order valence-corrected chi connectivity index (χ3v) is 6.68. The van der Waals surface area contributed by atoms with E-state index in [9.17, 15) is 10.1 Å². The number of nitrogens with zero attached hydrogens (tertiary/aromatic N) is 3. The predicted molar refractivity (Wildman–Crippen MR) is 119 cm³/mol. The van der Waals surface area contributed by atoms with Crippen LogP contribution in [0.1, 0.15) is 21.9 Å². The Morgan fingerprint density at radius 1 is 1.17 bits per heavy atom. The molecule has 2 atom stereocenters. The average Bonchev–Trinajstić information content (AvgIpc) is 3.02. The summed E-state index contributed by atoms with van der Waals surface area (Å²) in [5, 5.41) is 12.7. The van der Waals surface area contributed by atoms with Crippen LogP contribution in [0.25, 0.3) is 0 Å². The van der Waals surface area contributed by atoms with Crippen molar-refractivity contribution in [3.8, 4) is 6.07 Å². The highest BCUT2D eigenvalue weighted by Crippen LogP contribution is 2.44. The molecule has 0 fully saturated rings. The Balaban J connectivity index is 1.81. The highest BCUT2D eigenvalue weighted by molar-refractivity contribution is 7.73. The second kappa shape index (κ2) is 7.82. The summed E-state index contributed by atoms with van der Waals surface area (Å²) in [5.74, 6) is -0.687. The molecule has 0 aliphatic carbocycles. The van der Waals surface area contributed by atoms with Gasteiger partial charge in [0, 0.05) is 25.7 Å². The highest BCUT2D eigenvalue weighted by atomic mass is 32.1. The quantitative estimate of drug-likeness (QED) is 0.626. The molecule has 7 heteroatoms. The number of amides is 1. The second-order valence-corrected chi connectivity index (χ2v) is 8.89. The van der Waals surface area contributed by atoms with E-state index in [2.05, 4.69) is 11.4 Å². The van der Waals surface area contributed by atoms with Gasteiger partial charge in [0.15, 0.2) is 3.95 Å². The fraction of sp³-hybridized carbons (Fsp3) is 0.227. The maximum atomic E-state index is 12.8. The normalized spacial score (nSPS) is 17.9. The van der Waals surface area contributed by atoms with E-state index >= 15 is 0 Å². The van der Waals surface area contributed by atoms with E-state index < -0.39 is 5.92 Å². The summed E-state index contributed by atoms with van der Waals surface area (Å²) in [5.41, 5.74) is 3.12. The molecule has 3 aromatic rings. The Hall–Kier alpha value is -2.95. The van der Waals surface area contributed by atoms with Crippen molar-refractivity contribution < 1.29 is 4.79 Å². The molecule has 0 bridgehead atoms. The first-order valence-electron chi connectivity index (χ1n) is 9.25. The summed E-state index contributed by atoms with van der Waals surface area (Å²) < 4.78 is 2.64. The van der Waals surface area contributed by atoms with Gasteiger partial charge in [0.05, 0.1) is 17.5 Å². The molecule has 0 radical (unpaired) electrons. The van der Waals surface area contributed by atoms with Crippen molar-refractivity contribution in [3.63, 3.8) is 0 Å². The number of thiazole rings is 1. The third-order valence-electron chi connectivity index (χ3n) is 5.15. The number of benzene rings is 2. The number of rotatable bonds is 4. The standard InChI is InChI=1S/C22H20N4OS2/c1-25(2)16-10-8-15(9-11-16)18-17(12-23)21(27)24-20-19(18)29-22(28)26(20)13-14-6-4-3-5-7-14/h3-11,17-18H,13H2,1-2H3,(H,24,27). The smallest absolute Gasteiger partial charge is 0.243 e. The molecular weight excluding hydrogens is 400 g/mol. The van der Waals surface area contributed by atoms with Crippen molar-refractivity contribution in [2.45, 2.75) is 12.5 Å². The van der Waals surface area contributed by atoms with Crippen LogP contribution in [0, 0.1) is 21.2 Å². The monoisotopic (exact) mass is 420 g/mol. The van der Waals surface area contributed by atoms with E-state index in [0.717, 1.165) is 21.7 Å². The highest BCUT2D eigenvalue weighted by Gasteiger charge is 2.40. The molecule has 29 heavy (non-hydrogen) atoms. The third kappa shape index (κ3) is 3.57. The van der Waals surface area contributed by atoms with Gasteiger partial charge in [0.2, 0.25) is 5.91 Å². The van der Waals surface area contributed by atoms with Crippen LogP contribution in [0.2, 0.25) is 0 Å². The van der Waals surface area contributed by atoms with E-state index in [1.54, 1.807) is 0 Å². The molecule has 5 nitrogen and oxygen atoms in total. The Kier molecular flexibility index (Phi) is 5.22. The van der Waals surface area contributed by atoms with Crippen LogP contribution < -0.4 is 10.2 Å². The van der Waals surface area contributed by atoms with Crippen molar-refractivity contribution in [2.24, 2.45) is 5.92 Å². The number of aromatic nitrogens is 1. The van der Waals surface area contributed by atoms with Crippen LogP contribution in [0.15, 0.2) is 54.6 Å². The lowest BCUT2D eigenvalue weighted by molar-refractivity contribution is -0.119. The molecule has 2 heterocycles. The zero-order valence-electron chi connectivity index (χ0n) is 16.1. The van der Waals surface area contributed by atoms with Crippen molar-refractivity contribution >= 4 is 41.0 Å². The zero-order chi connectivity index (χ0) is 20.5. The van der Waals surface area contributed by atoms with Crippen molar-refractivity contribution in [1.29, 1.82) is 5.26 Å². The van der Waals surface area contributed by atoms with Crippen molar-refractivity contribution in [2.75, 3.05) is 24.3 Å². The van der Waals surface area contributed by atoms with Gasteiger partial charge in [-0.15, -0.1) is 11.3 Å². The Labute approximate surface area is 178 Å². The number of hydrogen-bond donors (Lipinski definition) is 1. The van der Waals surface area contributed by atoms with Crippen LogP contribution in [-0.2, 0) is 11.3 Å². The molecule has 1 aliphatic rings. The number of carbonyl (C=O) groups excluding carboxylic acids is 1. The number of nitrogens with one attached hydrogen (secondary N) is 1. The molecule has 2 unspecified atom stereocenters. The van der Waals surface area contributed by atoms with Crippen molar-refractivity contribution in [3.05, 3.63) is 74.6 Å². The minimum atomic E-state index is -0.786. The van der Waals surface area contributed by atoms with Gasteiger partial charge in [-0.25, -0.2) is 0 Å². The number of fused-ring (bicyclic) bond motifs is 1. The fourth-order valence-corrected chi connectivity index (χ4v) is 5.16. The van der Waals surface area contributed by atoms with E-state index in [1.165, 1.54) is 11.3 Å². The molecule has 1 aliphatic heterocycles. The van der Waals surface area contributed by atoms with E-state index in [4.69, 9.17) is 12.2 Å². The average molecular weight is 421 g/mol. The molecular formula is C22H20N4OS2. The van der Waals surface area contributed by atoms with E-state index in [-0.39, 0.29) is 11.8 Å². The maximum absolute atomic E-state index is 12.8. The van der Waals surface area contributed by atoms with Gasteiger partial charge in [0.1, 0.15) is 11.7 Å². The summed E-state index contributed by atoms with van der Waals surface area (Å²) in [4.78, 5) is 15.7. The van der Waals surface area contributed by atoms with E-state index in [0.29, 0.717) is 16.3 Å². The first-order chi connectivity index (χ1) is 14.0. The topological polar surface area (TPSA) is 61.1 Å². The minimum Gasteiger partial charge on any atom is -0.378 e. The van der Waals surface area contributed by atoms with Crippen LogP contribution in [0.4, 0.5) is 11.5 Å². The second-order valence-electron chi connectivity index (χ2n) is 7.21. The Bertz CT molecular complexity index is 1140. The number of nitriles is 1. The molecule has 1 amide bonds. The van der Waals surface area contributed by atoms with Crippen LogP contribution >= 0.6 is 23.6 Å². The molecule has 0 spiro atoms.